The highest BCUT2D eigenvalue weighted by Gasteiger charge is 2.33. The van der Waals surface area contributed by atoms with E-state index in [0.717, 1.165) is 6.20 Å². The van der Waals surface area contributed by atoms with Crippen molar-refractivity contribution in [1.29, 1.82) is 0 Å². The van der Waals surface area contributed by atoms with Crippen molar-refractivity contribution in [3.8, 4) is 0 Å². The van der Waals surface area contributed by atoms with E-state index in [2.05, 4.69) is 4.98 Å². The molecule has 1 aromatic rings. The molecular weight excluding hydrogens is 250 g/mol. The number of carboxylic acids is 1. The van der Waals surface area contributed by atoms with Gasteiger partial charge in [0.25, 0.3) is 5.91 Å². The zero-order chi connectivity index (χ0) is 14.0. The van der Waals surface area contributed by atoms with Crippen LogP contribution in [0.15, 0.2) is 18.3 Å². The summed E-state index contributed by atoms with van der Waals surface area (Å²) >= 11 is 0. The zero-order valence-corrected chi connectivity index (χ0v) is 10.1. The van der Waals surface area contributed by atoms with Crippen LogP contribution in [0.1, 0.15) is 33.7 Å². The van der Waals surface area contributed by atoms with Crippen LogP contribution in [0.3, 0.4) is 0 Å². The topological polar surface area (TPSA) is 114 Å². The van der Waals surface area contributed by atoms with Gasteiger partial charge >= 0.3 is 5.97 Å². The Morgan fingerprint density at radius 2 is 2.11 bits per heavy atom. The quantitative estimate of drug-likeness (QED) is 0.788. The number of amides is 2. The molecule has 1 saturated heterocycles. The van der Waals surface area contributed by atoms with Gasteiger partial charge in [0.2, 0.25) is 5.91 Å². The third-order valence-electron chi connectivity index (χ3n) is 3.07. The van der Waals surface area contributed by atoms with E-state index in [-0.39, 0.29) is 11.3 Å². The van der Waals surface area contributed by atoms with Crippen molar-refractivity contribution in [2.24, 2.45) is 5.73 Å². The lowest BCUT2D eigenvalue weighted by Gasteiger charge is -2.21. The molecule has 0 saturated carbocycles. The van der Waals surface area contributed by atoms with Crippen LogP contribution >= 0.6 is 0 Å². The van der Waals surface area contributed by atoms with Crippen LogP contribution in [-0.4, -0.2) is 45.4 Å². The summed E-state index contributed by atoms with van der Waals surface area (Å²) in [6.07, 6.45) is 2.38. The largest absolute Gasteiger partial charge is 0.478 e. The van der Waals surface area contributed by atoms with Crippen molar-refractivity contribution in [1.82, 2.24) is 9.88 Å². The molecule has 19 heavy (non-hydrogen) atoms. The number of aromatic carboxylic acids is 1. The fraction of sp³-hybridized carbons (Fsp3) is 0.333. The van der Waals surface area contributed by atoms with Gasteiger partial charge in [0, 0.05) is 12.7 Å². The van der Waals surface area contributed by atoms with Crippen molar-refractivity contribution >= 4 is 17.8 Å². The summed E-state index contributed by atoms with van der Waals surface area (Å²) in [4.78, 5) is 39.2. The van der Waals surface area contributed by atoms with Crippen molar-refractivity contribution in [2.45, 2.75) is 18.9 Å². The van der Waals surface area contributed by atoms with Crippen LogP contribution in [0.5, 0.6) is 0 Å². The van der Waals surface area contributed by atoms with Crippen molar-refractivity contribution < 1.29 is 19.5 Å². The summed E-state index contributed by atoms with van der Waals surface area (Å²) < 4.78 is 0. The molecule has 1 aliphatic rings. The van der Waals surface area contributed by atoms with E-state index in [1.807, 2.05) is 0 Å². The van der Waals surface area contributed by atoms with Gasteiger partial charge in [-0.25, -0.2) is 4.79 Å². The standard InChI is InChI=1S/C12H13N3O4/c13-10(16)9-2-1-5-15(9)11(17)8-4-3-7(6-14-8)12(18)19/h3-4,6,9H,1-2,5H2,(H2,13,16)(H,18,19). The number of carbonyl (C=O) groups is 3. The van der Waals surface area contributed by atoms with Crippen molar-refractivity contribution in [3.63, 3.8) is 0 Å². The number of carbonyl (C=O) groups excluding carboxylic acids is 2. The maximum atomic E-state index is 12.2. The molecule has 0 bridgehead atoms. The molecule has 2 heterocycles. The normalized spacial score (nSPS) is 18.3. The Labute approximate surface area is 109 Å². The molecule has 1 atom stereocenters. The average molecular weight is 263 g/mol. The molecule has 2 rings (SSSR count). The number of hydrogen-bond acceptors (Lipinski definition) is 4. The molecule has 1 unspecified atom stereocenters. The summed E-state index contributed by atoms with van der Waals surface area (Å²) in [6, 6.07) is 2.04. The number of pyridine rings is 1. The molecule has 2 amide bonds. The first kappa shape index (κ1) is 13.0. The van der Waals surface area contributed by atoms with E-state index in [0.29, 0.717) is 19.4 Å². The Balaban J connectivity index is 2.19. The Morgan fingerprint density at radius 1 is 1.37 bits per heavy atom. The molecule has 0 spiro atoms. The van der Waals surface area contributed by atoms with Gasteiger partial charge in [-0.1, -0.05) is 0 Å². The lowest BCUT2D eigenvalue weighted by atomic mass is 10.2. The monoisotopic (exact) mass is 263 g/mol. The van der Waals surface area contributed by atoms with E-state index in [1.165, 1.54) is 17.0 Å². The first-order valence-electron chi connectivity index (χ1n) is 5.80. The smallest absolute Gasteiger partial charge is 0.337 e. The third-order valence-corrected chi connectivity index (χ3v) is 3.07. The van der Waals surface area contributed by atoms with Gasteiger partial charge < -0.3 is 15.7 Å². The number of primary amides is 1. The first-order chi connectivity index (χ1) is 9.00. The SMILES string of the molecule is NC(=O)C1CCCN1C(=O)c1ccc(C(=O)O)cn1. The molecule has 3 N–H and O–H groups in total. The minimum absolute atomic E-state index is 0.00410. The Bertz CT molecular complexity index is 526. The minimum Gasteiger partial charge on any atom is -0.478 e. The van der Waals surface area contributed by atoms with E-state index < -0.39 is 23.8 Å². The van der Waals surface area contributed by atoms with Gasteiger partial charge in [-0.05, 0) is 25.0 Å². The Kier molecular flexibility index (Phi) is 3.46. The van der Waals surface area contributed by atoms with Crippen LogP contribution in [0.25, 0.3) is 0 Å². The maximum Gasteiger partial charge on any atom is 0.337 e. The van der Waals surface area contributed by atoms with Crippen LogP contribution in [0, 0.1) is 0 Å². The Morgan fingerprint density at radius 3 is 2.63 bits per heavy atom. The van der Waals surface area contributed by atoms with Crippen LogP contribution in [0.2, 0.25) is 0 Å². The summed E-state index contributed by atoms with van der Waals surface area (Å²) in [5.74, 6) is -2.05. The minimum atomic E-state index is -1.11. The van der Waals surface area contributed by atoms with E-state index in [1.54, 1.807) is 0 Å². The van der Waals surface area contributed by atoms with Gasteiger partial charge in [0.05, 0.1) is 5.56 Å². The second-order valence-corrected chi connectivity index (χ2v) is 4.30. The molecule has 100 valence electrons. The molecule has 1 aliphatic heterocycles. The lowest BCUT2D eigenvalue weighted by molar-refractivity contribution is -0.121. The summed E-state index contributed by atoms with van der Waals surface area (Å²) in [5, 5.41) is 8.74. The van der Waals surface area contributed by atoms with Crippen LogP contribution < -0.4 is 5.73 Å². The second-order valence-electron chi connectivity index (χ2n) is 4.30. The molecule has 1 fully saturated rings. The predicted octanol–water partition coefficient (Wildman–Crippen LogP) is -0.130. The van der Waals surface area contributed by atoms with Crippen LogP contribution in [-0.2, 0) is 4.79 Å². The molecule has 1 aromatic heterocycles. The summed E-state index contributed by atoms with van der Waals surface area (Å²) in [6.45, 7) is 0.453. The molecule has 0 aliphatic carbocycles. The van der Waals surface area contributed by atoms with E-state index in [4.69, 9.17) is 10.8 Å². The molecule has 0 radical (unpaired) electrons. The van der Waals surface area contributed by atoms with Gasteiger partial charge in [-0.3, -0.25) is 14.6 Å². The van der Waals surface area contributed by atoms with Crippen molar-refractivity contribution in [3.05, 3.63) is 29.6 Å². The third kappa shape index (κ3) is 2.54. The van der Waals surface area contributed by atoms with Gasteiger partial charge in [0.15, 0.2) is 0 Å². The van der Waals surface area contributed by atoms with Gasteiger partial charge in [0.1, 0.15) is 11.7 Å². The highest BCUT2D eigenvalue weighted by molar-refractivity contribution is 5.97. The number of nitrogens with zero attached hydrogens (tertiary/aromatic N) is 2. The summed E-state index contributed by atoms with van der Waals surface area (Å²) in [5.41, 5.74) is 5.35. The number of aromatic nitrogens is 1. The highest BCUT2D eigenvalue weighted by atomic mass is 16.4. The number of likely N-dealkylation sites (tertiary alicyclic amines) is 1. The van der Waals surface area contributed by atoms with Gasteiger partial charge in [-0.15, -0.1) is 0 Å². The maximum absolute atomic E-state index is 12.2. The average Bonchev–Trinajstić information content (AvgIpc) is 2.87. The van der Waals surface area contributed by atoms with Crippen LogP contribution in [0.4, 0.5) is 0 Å². The predicted molar refractivity (Wildman–Crippen MR) is 64.4 cm³/mol. The number of carboxylic acid groups (broad SMARTS) is 1. The number of nitrogens with two attached hydrogens (primary N) is 1. The van der Waals surface area contributed by atoms with Crippen molar-refractivity contribution in [2.75, 3.05) is 6.54 Å². The number of rotatable bonds is 3. The zero-order valence-electron chi connectivity index (χ0n) is 10.1. The van der Waals surface area contributed by atoms with Gasteiger partial charge in [-0.2, -0.15) is 0 Å². The Hall–Kier alpha value is -2.44. The molecular formula is C12H13N3O4. The fourth-order valence-corrected chi connectivity index (χ4v) is 2.10. The fourth-order valence-electron chi connectivity index (χ4n) is 2.10. The van der Waals surface area contributed by atoms with E-state index in [9.17, 15) is 14.4 Å². The van der Waals surface area contributed by atoms with E-state index >= 15 is 0 Å². The number of hydrogen-bond donors (Lipinski definition) is 2. The summed E-state index contributed by atoms with van der Waals surface area (Å²) in [7, 11) is 0. The molecule has 7 nitrogen and oxygen atoms in total. The first-order valence-corrected chi connectivity index (χ1v) is 5.80. The second kappa shape index (κ2) is 5.05. The highest BCUT2D eigenvalue weighted by Crippen LogP contribution is 2.19. The molecule has 0 aromatic carbocycles. The molecule has 7 heteroatoms. The lowest BCUT2D eigenvalue weighted by Crippen LogP contribution is -2.43.